The Morgan fingerprint density at radius 3 is 2.80 bits per heavy atom. The Morgan fingerprint density at radius 1 is 1.50 bits per heavy atom. The standard InChI is InChI=1S/C12H17N5O2S/c1-4-16-12(11(17(18)19)9(3)15-16)13-6-5-10-14-8(2)7-20-10/h7,13H,4-6H2,1-3H3. The summed E-state index contributed by atoms with van der Waals surface area (Å²) in [6, 6.07) is 0. The number of aromatic nitrogens is 3. The molecule has 0 saturated carbocycles. The molecule has 20 heavy (non-hydrogen) atoms. The molecule has 108 valence electrons. The van der Waals surface area contributed by atoms with Crippen LogP contribution in [0.4, 0.5) is 11.5 Å². The second kappa shape index (κ2) is 6.00. The minimum Gasteiger partial charge on any atom is -0.364 e. The molecule has 0 unspecified atom stereocenters. The Hall–Kier alpha value is -1.96. The summed E-state index contributed by atoms with van der Waals surface area (Å²) in [5.74, 6) is 0.475. The van der Waals surface area contributed by atoms with E-state index in [0.717, 1.165) is 17.1 Å². The second-order valence-electron chi connectivity index (χ2n) is 4.41. The molecule has 0 aliphatic rings. The Morgan fingerprint density at radius 2 is 2.25 bits per heavy atom. The van der Waals surface area contributed by atoms with Crippen LogP contribution >= 0.6 is 11.3 Å². The lowest BCUT2D eigenvalue weighted by Crippen LogP contribution is -2.11. The molecule has 0 aliphatic heterocycles. The van der Waals surface area contributed by atoms with Crippen LogP contribution in [0.5, 0.6) is 0 Å². The average molecular weight is 295 g/mol. The number of hydrogen-bond donors (Lipinski definition) is 1. The van der Waals surface area contributed by atoms with Crippen molar-refractivity contribution in [3.8, 4) is 0 Å². The number of rotatable bonds is 6. The quantitative estimate of drug-likeness (QED) is 0.653. The first-order valence-corrected chi connectivity index (χ1v) is 7.27. The number of anilines is 1. The minimum absolute atomic E-state index is 0.0576. The van der Waals surface area contributed by atoms with Crippen molar-refractivity contribution < 1.29 is 4.92 Å². The summed E-state index contributed by atoms with van der Waals surface area (Å²) in [7, 11) is 0. The first-order valence-electron chi connectivity index (χ1n) is 6.39. The Balaban J connectivity index is 2.10. The van der Waals surface area contributed by atoms with Crippen LogP contribution in [0.1, 0.15) is 23.3 Å². The summed E-state index contributed by atoms with van der Waals surface area (Å²) < 4.78 is 1.63. The molecule has 0 bridgehead atoms. The molecule has 8 heteroatoms. The van der Waals surface area contributed by atoms with Crippen molar-refractivity contribution in [2.75, 3.05) is 11.9 Å². The Kier molecular flexibility index (Phi) is 4.33. The lowest BCUT2D eigenvalue weighted by molar-refractivity contribution is -0.384. The predicted octanol–water partition coefficient (Wildman–Crippen LogP) is 2.54. The third kappa shape index (κ3) is 2.96. The molecule has 0 fully saturated rings. The molecule has 7 nitrogen and oxygen atoms in total. The SMILES string of the molecule is CCn1nc(C)c([N+](=O)[O-])c1NCCc1nc(C)cs1. The van der Waals surface area contributed by atoms with Gasteiger partial charge in [0.1, 0.15) is 5.69 Å². The van der Waals surface area contributed by atoms with Crippen LogP contribution in [0.2, 0.25) is 0 Å². The van der Waals surface area contributed by atoms with Gasteiger partial charge in [-0.2, -0.15) is 5.10 Å². The molecular formula is C12H17N5O2S. The highest BCUT2D eigenvalue weighted by Crippen LogP contribution is 2.28. The molecule has 2 rings (SSSR count). The van der Waals surface area contributed by atoms with Gasteiger partial charge < -0.3 is 5.32 Å². The maximum absolute atomic E-state index is 11.1. The number of nitrogens with one attached hydrogen (secondary N) is 1. The summed E-state index contributed by atoms with van der Waals surface area (Å²) in [4.78, 5) is 15.1. The topological polar surface area (TPSA) is 85.9 Å². The van der Waals surface area contributed by atoms with E-state index in [4.69, 9.17) is 0 Å². The smallest absolute Gasteiger partial charge is 0.333 e. The number of thiazole rings is 1. The predicted molar refractivity (Wildman–Crippen MR) is 78.3 cm³/mol. The molecule has 1 N–H and O–H groups in total. The maximum atomic E-state index is 11.1. The normalized spacial score (nSPS) is 10.8. The van der Waals surface area contributed by atoms with Gasteiger partial charge in [-0.3, -0.25) is 10.1 Å². The van der Waals surface area contributed by atoms with Crippen molar-refractivity contribution in [1.82, 2.24) is 14.8 Å². The fourth-order valence-electron chi connectivity index (χ4n) is 2.00. The molecule has 0 amide bonds. The van der Waals surface area contributed by atoms with E-state index < -0.39 is 0 Å². The highest BCUT2D eigenvalue weighted by Gasteiger charge is 2.24. The Bertz CT molecular complexity index is 619. The van der Waals surface area contributed by atoms with Crippen molar-refractivity contribution in [2.24, 2.45) is 0 Å². The van der Waals surface area contributed by atoms with Gasteiger partial charge in [0, 0.05) is 30.6 Å². The van der Waals surface area contributed by atoms with E-state index in [-0.39, 0.29) is 10.6 Å². The van der Waals surface area contributed by atoms with E-state index in [1.165, 1.54) is 0 Å². The highest BCUT2D eigenvalue weighted by molar-refractivity contribution is 7.09. The first kappa shape index (κ1) is 14.4. The van der Waals surface area contributed by atoms with Crippen LogP contribution in [0, 0.1) is 24.0 Å². The number of aryl methyl sites for hydroxylation is 3. The van der Waals surface area contributed by atoms with E-state index >= 15 is 0 Å². The van der Waals surface area contributed by atoms with Crippen LogP contribution in [0.15, 0.2) is 5.38 Å². The van der Waals surface area contributed by atoms with Crippen LogP contribution in [0.25, 0.3) is 0 Å². The van der Waals surface area contributed by atoms with Crippen LogP contribution in [0.3, 0.4) is 0 Å². The van der Waals surface area contributed by atoms with Gasteiger partial charge in [0.15, 0.2) is 0 Å². The van der Waals surface area contributed by atoms with Gasteiger partial charge in [-0.25, -0.2) is 9.67 Å². The molecule has 0 aliphatic carbocycles. The monoisotopic (exact) mass is 295 g/mol. The lowest BCUT2D eigenvalue weighted by Gasteiger charge is -2.06. The van der Waals surface area contributed by atoms with Gasteiger partial charge in [-0.05, 0) is 20.8 Å². The fourth-order valence-corrected chi connectivity index (χ4v) is 2.78. The van der Waals surface area contributed by atoms with Crippen LogP contribution in [-0.2, 0) is 13.0 Å². The summed E-state index contributed by atoms with van der Waals surface area (Å²) in [6.07, 6.45) is 0.740. The number of nitro groups is 1. The van der Waals surface area contributed by atoms with Crippen molar-refractivity contribution in [3.63, 3.8) is 0 Å². The van der Waals surface area contributed by atoms with E-state index in [0.29, 0.717) is 24.6 Å². The molecular weight excluding hydrogens is 278 g/mol. The number of nitrogens with zero attached hydrogens (tertiary/aromatic N) is 4. The van der Waals surface area contributed by atoms with Gasteiger partial charge in [0.2, 0.25) is 5.82 Å². The van der Waals surface area contributed by atoms with Crippen molar-refractivity contribution >= 4 is 22.8 Å². The third-order valence-corrected chi connectivity index (χ3v) is 3.90. The van der Waals surface area contributed by atoms with Gasteiger partial charge in [-0.15, -0.1) is 11.3 Å². The molecule has 2 aromatic heterocycles. The zero-order valence-corrected chi connectivity index (χ0v) is 12.5. The molecule has 0 radical (unpaired) electrons. The molecule has 2 heterocycles. The van der Waals surface area contributed by atoms with E-state index in [1.807, 2.05) is 19.2 Å². The fraction of sp³-hybridized carbons (Fsp3) is 0.500. The van der Waals surface area contributed by atoms with Gasteiger partial charge in [0.05, 0.1) is 9.93 Å². The minimum atomic E-state index is -0.385. The largest absolute Gasteiger partial charge is 0.364 e. The van der Waals surface area contributed by atoms with Gasteiger partial charge in [-0.1, -0.05) is 0 Å². The average Bonchev–Trinajstić information content (AvgIpc) is 2.93. The summed E-state index contributed by atoms with van der Waals surface area (Å²) in [5.41, 5.74) is 1.50. The second-order valence-corrected chi connectivity index (χ2v) is 5.36. The molecule has 2 aromatic rings. The van der Waals surface area contributed by atoms with Crippen molar-refractivity contribution in [2.45, 2.75) is 33.7 Å². The van der Waals surface area contributed by atoms with E-state index in [2.05, 4.69) is 15.4 Å². The zero-order chi connectivity index (χ0) is 14.7. The lowest BCUT2D eigenvalue weighted by atomic mass is 10.3. The summed E-state index contributed by atoms with van der Waals surface area (Å²) in [6.45, 7) is 6.70. The summed E-state index contributed by atoms with van der Waals surface area (Å²) >= 11 is 1.60. The van der Waals surface area contributed by atoms with Crippen molar-refractivity contribution in [3.05, 3.63) is 31.9 Å². The number of hydrogen-bond acceptors (Lipinski definition) is 6. The summed E-state index contributed by atoms with van der Waals surface area (Å²) in [5, 5.41) is 21.4. The van der Waals surface area contributed by atoms with Crippen LogP contribution < -0.4 is 5.32 Å². The molecule has 0 atom stereocenters. The first-order chi connectivity index (χ1) is 9.52. The molecule has 0 aromatic carbocycles. The Labute approximate surface area is 120 Å². The molecule has 0 saturated heterocycles. The van der Waals surface area contributed by atoms with Gasteiger partial charge >= 0.3 is 5.69 Å². The van der Waals surface area contributed by atoms with E-state index in [1.54, 1.807) is 22.9 Å². The van der Waals surface area contributed by atoms with Crippen LogP contribution in [-0.4, -0.2) is 26.2 Å². The molecule has 0 spiro atoms. The zero-order valence-electron chi connectivity index (χ0n) is 11.7. The van der Waals surface area contributed by atoms with Crippen molar-refractivity contribution in [1.29, 1.82) is 0 Å². The van der Waals surface area contributed by atoms with Gasteiger partial charge in [0.25, 0.3) is 0 Å². The maximum Gasteiger partial charge on any atom is 0.333 e. The third-order valence-electron chi connectivity index (χ3n) is 2.88. The highest BCUT2D eigenvalue weighted by atomic mass is 32.1. The van der Waals surface area contributed by atoms with E-state index in [9.17, 15) is 10.1 Å².